The first-order valence-corrected chi connectivity index (χ1v) is 5.04. The van der Waals surface area contributed by atoms with Gasteiger partial charge in [0.1, 0.15) is 18.0 Å². The second-order valence-corrected chi connectivity index (χ2v) is 3.41. The van der Waals surface area contributed by atoms with Crippen molar-refractivity contribution in [1.29, 1.82) is 0 Å². The fourth-order valence-corrected chi connectivity index (χ4v) is 1.49. The van der Waals surface area contributed by atoms with Gasteiger partial charge in [0.15, 0.2) is 0 Å². The maximum atomic E-state index is 10.8. The smallest absolute Gasteiger partial charge is 0.335 e. The summed E-state index contributed by atoms with van der Waals surface area (Å²) in [6, 6.07) is 6.67. The average Bonchev–Trinajstić information content (AvgIpc) is 2.67. The summed E-state index contributed by atoms with van der Waals surface area (Å²) in [5.41, 5.74) is 0.805. The highest BCUT2D eigenvalue weighted by Crippen LogP contribution is 2.21. The SMILES string of the molecule is CCOCc1cc2ccc(C(=O)O)cc2o1. The van der Waals surface area contributed by atoms with E-state index in [1.54, 1.807) is 12.1 Å². The van der Waals surface area contributed by atoms with Gasteiger partial charge < -0.3 is 14.3 Å². The number of furan rings is 1. The second kappa shape index (κ2) is 4.37. The van der Waals surface area contributed by atoms with Gasteiger partial charge in [-0.2, -0.15) is 0 Å². The van der Waals surface area contributed by atoms with Crippen LogP contribution in [0.2, 0.25) is 0 Å². The van der Waals surface area contributed by atoms with Gasteiger partial charge in [-0.3, -0.25) is 0 Å². The van der Waals surface area contributed by atoms with Crippen LogP contribution in [0.25, 0.3) is 11.0 Å². The van der Waals surface area contributed by atoms with Crippen LogP contribution in [0, 0.1) is 0 Å². The van der Waals surface area contributed by atoms with Crippen LogP contribution in [-0.2, 0) is 11.3 Å². The van der Waals surface area contributed by atoms with Crippen LogP contribution in [0.3, 0.4) is 0 Å². The van der Waals surface area contributed by atoms with Gasteiger partial charge in [-0.05, 0) is 25.1 Å². The third kappa shape index (κ3) is 2.06. The molecule has 0 atom stereocenters. The fourth-order valence-electron chi connectivity index (χ4n) is 1.49. The largest absolute Gasteiger partial charge is 0.478 e. The molecule has 4 heteroatoms. The normalized spacial score (nSPS) is 10.8. The summed E-state index contributed by atoms with van der Waals surface area (Å²) in [6.45, 7) is 2.94. The van der Waals surface area contributed by atoms with E-state index in [2.05, 4.69) is 0 Å². The molecule has 16 heavy (non-hydrogen) atoms. The Morgan fingerprint density at radius 3 is 2.94 bits per heavy atom. The van der Waals surface area contributed by atoms with E-state index in [-0.39, 0.29) is 5.56 Å². The molecule has 0 radical (unpaired) electrons. The first-order valence-electron chi connectivity index (χ1n) is 5.04. The minimum Gasteiger partial charge on any atom is -0.478 e. The Labute approximate surface area is 92.4 Å². The fraction of sp³-hybridized carbons (Fsp3) is 0.250. The Balaban J connectivity index is 2.34. The van der Waals surface area contributed by atoms with E-state index in [0.29, 0.717) is 24.6 Å². The van der Waals surface area contributed by atoms with Gasteiger partial charge in [-0.25, -0.2) is 4.79 Å². The molecular formula is C12H12O4. The number of hydrogen-bond donors (Lipinski definition) is 1. The molecule has 0 fully saturated rings. The molecular weight excluding hydrogens is 208 g/mol. The third-order valence-electron chi connectivity index (χ3n) is 2.27. The van der Waals surface area contributed by atoms with Crippen molar-refractivity contribution in [2.45, 2.75) is 13.5 Å². The molecule has 0 saturated heterocycles. The highest BCUT2D eigenvalue weighted by molar-refractivity contribution is 5.92. The van der Waals surface area contributed by atoms with Crippen LogP contribution >= 0.6 is 0 Å². The monoisotopic (exact) mass is 220 g/mol. The van der Waals surface area contributed by atoms with Crippen LogP contribution in [0.5, 0.6) is 0 Å². The lowest BCUT2D eigenvalue weighted by Gasteiger charge is -1.95. The number of ether oxygens (including phenoxy) is 1. The van der Waals surface area contributed by atoms with E-state index in [9.17, 15) is 4.79 Å². The first kappa shape index (κ1) is 10.7. The Morgan fingerprint density at radius 1 is 1.44 bits per heavy atom. The summed E-state index contributed by atoms with van der Waals surface area (Å²) in [6.07, 6.45) is 0. The zero-order valence-electron chi connectivity index (χ0n) is 8.90. The standard InChI is InChI=1S/C12H12O4/c1-2-15-7-10-5-8-3-4-9(12(13)14)6-11(8)16-10/h3-6H,2,7H2,1H3,(H,13,14). The number of benzene rings is 1. The minimum atomic E-state index is -0.954. The van der Waals surface area contributed by atoms with Crippen LogP contribution in [0.15, 0.2) is 28.7 Å². The number of carboxylic acids is 1. The van der Waals surface area contributed by atoms with Crippen molar-refractivity contribution in [3.05, 3.63) is 35.6 Å². The predicted octanol–water partition coefficient (Wildman–Crippen LogP) is 2.67. The lowest BCUT2D eigenvalue weighted by molar-refractivity contribution is 0.0697. The van der Waals surface area contributed by atoms with E-state index in [4.69, 9.17) is 14.3 Å². The van der Waals surface area contributed by atoms with Crippen molar-refractivity contribution in [3.63, 3.8) is 0 Å². The molecule has 0 bridgehead atoms. The Bertz CT molecular complexity index is 513. The van der Waals surface area contributed by atoms with Crippen molar-refractivity contribution in [3.8, 4) is 0 Å². The Morgan fingerprint density at radius 2 is 2.25 bits per heavy atom. The number of fused-ring (bicyclic) bond motifs is 1. The average molecular weight is 220 g/mol. The van der Waals surface area contributed by atoms with Gasteiger partial charge in [-0.15, -0.1) is 0 Å². The molecule has 0 saturated carbocycles. The van der Waals surface area contributed by atoms with Gasteiger partial charge in [0.25, 0.3) is 0 Å². The van der Waals surface area contributed by atoms with Gasteiger partial charge in [0, 0.05) is 12.0 Å². The number of carbonyl (C=O) groups is 1. The number of rotatable bonds is 4. The van der Waals surface area contributed by atoms with E-state index in [1.807, 2.05) is 13.0 Å². The maximum Gasteiger partial charge on any atom is 0.335 e. The summed E-state index contributed by atoms with van der Waals surface area (Å²) >= 11 is 0. The van der Waals surface area contributed by atoms with Crippen LogP contribution < -0.4 is 0 Å². The maximum absolute atomic E-state index is 10.8. The summed E-state index contributed by atoms with van der Waals surface area (Å²) in [4.78, 5) is 10.8. The zero-order chi connectivity index (χ0) is 11.5. The highest BCUT2D eigenvalue weighted by atomic mass is 16.5. The molecule has 1 N–H and O–H groups in total. The van der Waals surface area contributed by atoms with E-state index in [1.165, 1.54) is 6.07 Å². The molecule has 0 aliphatic rings. The molecule has 0 aliphatic heterocycles. The summed E-state index contributed by atoms with van der Waals surface area (Å²) in [7, 11) is 0. The van der Waals surface area contributed by atoms with Gasteiger partial charge in [-0.1, -0.05) is 6.07 Å². The zero-order valence-corrected chi connectivity index (χ0v) is 8.90. The highest BCUT2D eigenvalue weighted by Gasteiger charge is 2.08. The topological polar surface area (TPSA) is 59.7 Å². The molecule has 4 nitrogen and oxygen atoms in total. The quantitative estimate of drug-likeness (QED) is 0.860. The Kier molecular flexibility index (Phi) is 2.92. The van der Waals surface area contributed by atoms with Gasteiger partial charge in [0.2, 0.25) is 0 Å². The summed E-state index contributed by atoms with van der Waals surface area (Å²) in [5.74, 6) is -0.246. The molecule has 1 aromatic heterocycles. The molecule has 84 valence electrons. The lowest BCUT2D eigenvalue weighted by Crippen LogP contribution is -1.94. The van der Waals surface area contributed by atoms with Crippen LogP contribution in [0.1, 0.15) is 23.0 Å². The van der Waals surface area contributed by atoms with Gasteiger partial charge >= 0.3 is 5.97 Å². The van der Waals surface area contributed by atoms with Crippen molar-refractivity contribution >= 4 is 16.9 Å². The van der Waals surface area contributed by atoms with E-state index >= 15 is 0 Å². The van der Waals surface area contributed by atoms with Crippen molar-refractivity contribution in [2.75, 3.05) is 6.61 Å². The first-order chi connectivity index (χ1) is 7.70. The minimum absolute atomic E-state index is 0.227. The van der Waals surface area contributed by atoms with E-state index in [0.717, 1.165) is 5.39 Å². The molecule has 0 aliphatic carbocycles. The molecule has 0 spiro atoms. The third-order valence-corrected chi connectivity index (χ3v) is 2.27. The molecule has 2 rings (SSSR count). The van der Waals surface area contributed by atoms with Crippen LogP contribution in [-0.4, -0.2) is 17.7 Å². The lowest BCUT2D eigenvalue weighted by atomic mass is 10.2. The van der Waals surface area contributed by atoms with E-state index < -0.39 is 5.97 Å². The summed E-state index contributed by atoms with van der Waals surface area (Å²) in [5, 5.41) is 9.71. The van der Waals surface area contributed by atoms with Crippen molar-refractivity contribution in [2.24, 2.45) is 0 Å². The number of hydrogen-bond acceptors (Lipinski definition) is 3. The molecule has 0 unspecified atom stereocenters. The van der Waals surface area contributed by atoms with Crippen molar-refractivity contribution in [1.82, 2.24) is 0 Å². The predicted molar refractivity (Wildman–Crippen MR) is 58.5 cm³/mol. The van der Waals surface area contributed by atoms with Crippen molar-refractivity contribution < 1.29 is 19.1 Å². The molecule has 0 amide bonds. The Hall–Kier alpha value is -1.81. The number of aromatic carboxylic acids is 1. The molecule has 1 heterocycles. The second-order valence-electron chi connectivity index (χ2n) is 3.41. The van der Waals surface area contributed by atoms with Crippen LogP contribution in [0.4, 0.5) is 0 Å². The number of carboxylic acid groups (broad SMARTS) is 1. The van der Waals surface area contributed by atoms with Gasteiger partial charge in [0.05, 0.1) is 5.56 Å². The molecule has 2 aromatic rings. The summed E-state index contributed by atoms with van der Waals surface area (Å²) < 4.78 is 10.7. The molecule has 1 aromatic carbocycles.